The van der Waals surface area contributed by atoms with Crippen molar-refractivity contribution in [2.45, 2.75) is 25.2 Å². The van der Waals surface area contributed by atoms with Gasteiger partial charge >= 0.3 is 6.03 Å². The first kappa shape index (κ1) is 21.4. The predicted octanol–water partition coefficient (Wildman–Crippen LogP) is 2.94. The van der Waals surface area contributed by atoms with Crippen molar-refractivity contribution >= 4 is 11.9 Å². The van der Waals surface area contributed by atoms with Crippen LogP contribution in [0.5, 0.6) is 0 Å². The number of piperazine rings is 1. The van der Waals surface area contributed by atoms with Gasteiger partial charge in [-0.3, -0.25) is 4.79 Å². The number of halogens is 1. The molecule has 0 radical (unpaired) electrons. The lowest BCUT2D eigenvalue weighted by Gasteiger charge is -2.39. The van der Waals surface area contributed by atoms with Crippen molar-refractivity contribution < 1.29 is 23.1 Å². The molecule has 0 saturated carbocycles. The first-order valence-corrected chi connectivity index (χ1v) is 10.7. The van der Waals surface area contributed by atoms with Gasteiger partial charge < -0.3 is 24.3 Å². The largest absolute Gasteiger partial charge is 0.456 e. The number of nitrogens with zero attached hydrogens (tertiary/aromatic N) is 2. The standard InChI is InChI=1S/C23H28FN3O4/c1-17-2-7-20(31-17)21(28)26-10-12-27(13-11-26)22(29)25-16-23(8-14-30-15-9-23)18-3-5-19(24)6-4-18/h2-7H,8-16H2,1H3,(H,25,29). The number of benzene rings is 1. The molecule has 0 aliphatic carbocycles. The molecular formula is C23H28FN3O4. The van der Waals surface area contributed by atoms with Crippen molar-refractivity contribution in [3.05, 3.63) is 59.3 Å². The van der Waals surface area contributed by atoms with Gasteiger partial charge in [-0.2, -0.15) is 0 Å². The monoisotopic (exact) mass is 429 g/mol. The lowest BCUT2D eigenvalue weighted by molar-refractivity contribution is 0.0493. The summed E-state index contributed by atoms with van der Waals surface area (Å²) >= 11 is 0. The molecule has 1 N–H and O–H groups in total. The molecule has 2 aromatic rings. The van der Waals surface area contributed by atoms with Crippen molar-refractivity contribution in [3.8, 4) is 0 Å². The van der Waals surface area contributed by atoms with Gasteiger partial charge in [-0.15, -0.1) is 0 Å². The third-order valence-corrected chi connectivity index (χ3v) is 6.29. The van der Waals surface area contributed by atoms with Crippen LogP contribution in [0.1, 0.15) is 34.7 Å². The van der Waals surface area contributed by atoms with E-state index in [9.17, 15) is 14.0 Å². The van der Waals surface area contributed by atoms with Gasteiger partial charge in [-0.1, -0.05) is 12.1 Å². The SMILES string of the molecule is Cc1ccc(C(=O)N2CCN(C(=O)NCC3(c4ccc(F)cc4)CCOCC3)CC2)o1. The third-order valence-electron chi connectivity index (χ3n) is 6.29. The lowest BCUT2D eigenvalue weighted by Crippen LogP contribution is -2.55. The van der Waals surface area contributed by atoms with Gasteiger partial charge in [0.1, 0.15) is 11.6 Å². The molecule has 166 valence electrons. The fourth-order valence-corrected chi connectivity index (χ4v) is 4.31. The number of carbonyl (C=O) groups excluding carboxylic acids is 2. The van der Waals surface area contributed by atoms with E-state index in [2.05, 4.69) is 5.32 Å². The van der Waals surface area contributed by atoms with Gasteiger partial charge in [0.25, 0.3) is 5.91 Å². The van der Waals surface area contributed by atoms with Crippen molar-refractivity contribution in [1.29, 1.82) is 0 Å². The Bertz CT molecular complexity index is 913. The van der Waals surface area contributed by atoms with Crippen LogP contribution in [-0.2, 0) is 10.2 Å². The number of hydrogen-bond acceptors (Lipinski definition) is 4. The molecule has 1 aromatic heterocycles. The molecule has 7 nitrogen and oxygen atoms in total. The van der Waals surface area contributed by atoms with E-state index in [1.807, 2.05) is 0 Å². The first-order valence-electron chi connectivity index (χ1n) is 10.7. The molecule has 2 aliphatic heterocycles. The highest BCUT2D eigenvalue weighted by atomic mass is 19.1. The normalized spacial score (nSPS) is 18.6. The number of aryl methyl sites for hydroxylation is 1. The molecule has 0 unspecified atom stereocenters. The van der Waals surface area contributed by atoms with Gasteiger partial charge in [-0.05, 0) is 49.6 Å². The molecule has 2 saturated heterocycles. The lowest BCUT2D eigenvalue weighted by atomic mass is 9.74. The van der Waals surface area contributed by atoms with E-state index < -0.39 is 0 Å². The Morgan fingerprint density at radius 3 is 2.26 bits per heavy atom. The minimum Gasteiger partial charge on any atom is -0.456 e. The van der Waals surface area contributed by atoms with Crippen LogP contribution in [-0.4, -0.2) is 67.7 Å². The maximum absolute atomic E-state index is 13.4. The van der Waals surface area contributed by atoms with Crippen LogP contribution in [0, 0.1) is 12.7 Å². The molecule has 0 spiro atoms. The fraction of sp³-hybridized carbons (Fsp3) is 0.478. The molecule has 1 aromatic carbocycles. The van der Waals surface area contributed by atoms with E-state index >= 15 is 0 Å². The number of ether oxygens (including phenoxy) is 1. The molecule has 2 fully saturated rings. The highest BCUT2D eigenvalue weighted by Gasteiger charge is 2.36. The molecule has 0 atom stereocenters. The maximum atomic E-state index is 13.4. The Morgan fingerprint density at radius 2 is 1.65 bits per heavy atom. The Morgan fingerprint density at radius 1 is 1.00 bits per heavy atom. The molecular weight excluding hydrogens is 401 g/mol. The van der Waals surface area contributed by atoms with Crippen LogP contribution < -0.4 is 5.32 Å². The van der Waals surface area contributed by atoms with Crippen LogP contribution in [0.25, 0.3) is 0 Å². The molecule has 4 rings (SSSR count). The highest BCUT2D eigenvalue weighted by molar-refractivity contribution is 5.91. The molecule has 0 bridgehead atoms. The Hall–Kier alpha value is -2.87. The van der Waals surface area contributed by atoms with Crippen LogP contribution in [0.2, 0.25) is 0 Å². The molecule has 2 aliphatic rings. The first-order chi connectivity index (χ1) is 15.0. The fourth-order valence-electron chi connectivity index (χ4n) is 4.31. The quantitative estimate of drug-likeness (QED) is 0.811. The van der Waals surface area contributed by atoms with E-state index in [4.69, 9.17) is 9.15 Å². The molecule has 3 amide bonds. The number of furan rings is 1. The average molecular weight is 429 g/mol. The summed E-state index contributed by atoms with van der Waals surface area (Å²) in [5, 5.41) is 3.07. The van der Waals surface area contributed by atoms with Gasteiger partial charge in [-0.25, -0.2) is 9.18 Å². The Labute approximate surface area is 181 Å². The zero-order valence-electron chi connectivity index (χ0n) is 17.7. The summed E-state index contributed by atoms with van der Waals surface area (Å²) in [6.45, 7) is 5.34. The van der Waals surface area contributed by atoms with Crippen LogP contribution in [0.15, 0.2) is 40.8 Å². The zero-order valence-corrected chi connectivity index (χ0v) is 17.7. The number of rotatable bonds is 4. The summed E-state index contributed by atoms with van der Waals surface area (Å²) in [7, 11) is 0. The van der Waals surface area contributed by atoms with Crippen molar-refractivity contribution in [2.75, 3.05) is 45.9 Å². The Kier molecular flexibility index (Phi) is 6.27. The van der Waals surface area contributed by atoms with Crippen molar-refractivity contribution in [2.24, 2.45) is 0 Å². The Balaban J connectivity index is 1.33. The minimum atomic E-state index is -0.271. The van der Waals surface area contributed by atoms with Gasteiger partial charge in [0.2, 0.25) is 0 Å². The second-order valence-electron chi connectivity index (χ2n) is 8.25. The van der Waals surface area contributed by atoms with Crippen molar-refractivity contribution in [1.82, 2.24) is 15.1 Å². The second kappa shape index (κ2) is 9.09. The number of nitrogens with one attached hydrogen (secondary N) is 1. The minimum absolute atomic E-state index is 0.145. The number of hydrogen-bond donors (Lipinski definition) is 1. The third kappa shape index (κ3) is 4.74. The van der Waals surface area contributed by atoms with E-state index in [0.717, 1.165) is 18.4 Å². The summed E-state index contributed by atoms with van der Waals surface area (Å²) in [4.78, 5) is 28.8. The average Bonchev–Trinajstić information content (AvgIpc) is 3.24. The maximum Gasteiger partial charge on any atom is 0.317 e. The van der Waals surface area contributed by atoms with Crippen LogP contribution in [0.3, 0.4) is 0 Å². The number of carbonyl (C=O) groups is 2. The van der Waals surface area contributed by atoms with Crippen LogP contribution >= 0.6 is 0 Å². The summed E-state index contributed by atoms with van der Waals surface area (Å²) in [6, 6.07) is 9.83. The summed E-state index contributed by atoms with van der Waals surface area (Å²) < 4.78 is 24.3. The van der Waals surface area contributed by atoms with Crippen LogP contribution in [0.4, 0.5) is 9.18 Å². The number of amides is 3. The smallest absolute Gasteiger partial charge is 0.317 e. The van der Waals surface area contributed by atoms with Gasteiger partial charge in [0.05, 0.1) is 0 Å². The molecule has 8 heteroatoms. The van der Waals surface area contributed by atoms with Gasteiger partial charge in [0, 0.05) is 51.4 Å². The topological polar surface area (TPSA) is 75.0 Å². The number of urea groups is 1. The molecule has 31 heavy (non-hydrogen) atoms. The van der Waals surface area contributed by atoms with E-state index in [-0.39, 0.29) is 23.2 Å². The van der Waals surface area contributed by atoms with E-state index in [1.165, 1.54) is 12.1 Å². The summed E-state index contributed by atoms with van der Waals surface area (Å²) in [5.41, 5.74) is 0.748. The molecule has 3 heterocycles. The highest BCUT2D eigenvalue weighted by Crippen LogP contribution is 2.34. The summed E-state index contributed by atoms with van der Waals surface area (Å²) in [6.07, 6.45) is 1.54. The second-order valence-corrected chi connectivity index (χ2v) is 8.25. The summed E-state index contributed by atoms with van der Waals surface area (Å²) in [5.74, 6) is 0.610. The zero-order chi connectivity index (χ0) is 21.8. The van der Waals surface area contributed by atoms with Gasteiger partial charge in [0.15, 0.2) is 5.76 Å². The predicted molar refractivity (Wildman–Crippen MR) is 112 cm³/mol. The van der Waals surface area contributed by atoms with E-state index in [0.29, 0.717) is 57.5 Å². The van der Waals surface area contributed by atoms with Crippen molar-refractivity contribution in [3.63, 3.8) is 0 Å². The van der Waals surface area contributed by atoms with E-state index in [1.54, 1.807) is 41.0 Å².